The van der Waals surface area contributed by atoms with E-state index in [0.29, 0.717) is 6.04 Å². The van der Waals surface area contributed by atoms with Gasteiger partial charge in [0.2, 0.25) is 0 Å². The number of anilines is 1. The molecular weight excluding hydrogens is 210 g/mol. The lowest BCUT2D eigenvalue weighted by molar-refractivity contribution is -0.371. The predicted molar refractivity (Wildman–Crippen MR) is 67.7 cm³/mol. The molecule has 1 fully saturated rings. The molecule has 3 heteroatoms. The Labute approximate surface area is 103 Å². The summed E-state index contributed by atoms with van der Waals surface area (Å²) >= 11 is 0. The number of nitrogens with zero attached hydrogens (tertiary/aromatic N) is 1. The van der Waals surface area contributed by atoms with Gasteiger partial charge in [-0.2, -0.15) is 5.26 Å². The molecule has 17 heavy (non-hydrogen) atoms. The van der Waals surface area contributed by atoms with E-state index in [1.54, 1.807) is 0 Å². The first-order valence-corrected chi connectivity index (χ1v) is 6.41. The number of hydrogen-bond acceptors (Lipinski definition) is 2. The van der Waals surface area contributed by atoms with Crippen molar-refractivity contribution in [1.29, 1.82) is 5.26 Å². The fourth-order valence-corrected chi connectivity index (χ4v) is 2.59. The molecule has 0 bridgehead atoms. The van der Waals surface area contributed by atoms with Crippen LogP contribution in [0.4, 0.5) is 5.82 Å². The molecule has 1 aliphatic rings. The van der Waals surface area contributed by atoms with Gasteiger partial charge in [0, 0.05) is 0 Å². The van der Waals surface area contributed by atoms with Gasteiger partial charge in [0.05, 0.1) is 11.7 Å². The summed E-state index contributed by atoms with van der Waals surface area (Å²) in [6.07, 6.45) is 6.37. The number of pyridine rings is 1. The zero-order valence-electron chi connectivity index (χ0n) is 10.6. The molecule has 2 N–H and O–H groups in total. The third-order valence-electron chi connectivity index (χ3n) is 3.46. The smallest absolute Gasteiger partial charge is 0.271 e. The van der Waals surface area contributed by atoms with Crippen LogP contribution in [0.2, 0.25) is 0 Å². The Balaban J connectivity index is 2.22. The highest BCUT2D eigenvalue weighted by Crippen LogP contribution is 2.22. The normalized spacial score (nSPS) is 16.5. The lowest BCUT2D eigenvalue weighted by Gasteiger charge is -2.19. The maximum atomic E-state index is 9.21. The molecule has 1 aliphatic carbocycles. The number of aryl methyl sites for hydroxylation is 2. The van der Waals surface area contributed by atoms with Gasteiger partial charge in [-0.3, -0.25) is 5.32 Å². The molecule has 2 rings (SSSR count). The predicted octanol–water partition coefficient (Wildman–Crippen LogP) is 2.73. The largest absolute Gasteiger partial charge is 0.291 e. The number of H-pyrrole nitrogens is 1. The van der Waals surface area contributed by atoms with Crippen LogP contribution >= 0.6 is 0 Å². The number of hydrogen-bond donors (Lipinski definition) is 1. The molecule has 0 atom stereocenters. The summed E-state index contributed by atoms with van der Waals surface area (Å²) in [5.41, 5.74) is 2.89. The topological polar surface area (TPSA) is 50.0 Å². The fraction of sp³-hybridized carbons (Fsp3) is 0.571. The van der Waals surface area contributed by atoms with Crippen molar-refractivity contribution in [2.45, 2.75) is 52.0 Å². The molecule has 1 saturated carbocycles. The van der Waals surface area contributed by atoms with Crippen molar-refractivity contribution >= 4 is 5.82 Å². The Hall–Kier alpha value is -1.56. The molecule has 90 valence electrons. The van der Waals surface area contributed by atoms with Crippen LogP contribution < -0.4 is 10.3 Å². The number of nitrogens with one attached hydrogen (secondary N) is 2. The van der Waals surface area contributed by atoms with E-state index in [1.807, 2.05) is 19.9 Å². The maximum absolute atomic E-state index is 9.21. The summed E-state index contributed by atoms with van der Waals surface area (Å²) in [5.74, 6) is 0.900. The van der Waals surface area contributed by atoms with Crippen LogP contribution in [0.25, 0.3) is 0 Å². The first-order chi connectivity index (χ1) is 8.20. The van der Waals surface area contributed by atoms with Crippen LogP contribution in [0, 0.1) is 25.2 Å². The SMILES string of the molecule is Cc1cc(C)c(C#N)c(NC2CCCCC2)[nH+]1. The van der Waals surface area contributed by atoms with Crippen molar-refractivity contribution < 1.29 is 4.98 Å². The molecule has 1 heterocycles. The molecule has 0 unspecified atom stereocenters. The van der Waals surface area contributed by atoms with Gasteiger partial charge < -0.3 is 0 Å². The van der Waals surface area contributed by atoms with Crippen molar-refractivity contribution in [1.82, 2.24) is 0 Å². The van der Waals surface area contributed by atoms with Gasteiger partial charge in [-0.05, 0) is 51.2 Å². The minimum Gasteiger partial charge on any atom is -0.271 e. The van der Waals surface area contributed by atoms with Crippen LogP contribution in [0.3, 0.4) is 0 Å². The number of rotatable bonds is 2. The monoisotopic (exact) mass is 230 g/mol. The number of aromatic nitrogens is 1. The number of nitriles is 1. The number of aromatic amines is 1. The van der Waals surface area contributed by atoms with Gasteiger partial charge in [-0.1, -0.05) is 6.42 Å². The standard InChI is InChI=1S/C14H19N3/c1-10-8-11(2)16-14(13(10)9-15)17-12-6-4-3-5-7-12/h8,12H,3-7H2,1-2H3,(H,16,17)/p+1. The molecule has 0 aromatic carbocycles. The Bertz CT molecular complexity index is 440. The van der Waals surface area contributed by atoms with Crippen molar-refractivity contribution in [3.8, 4) is 6.07 Å². The van der Waals surface area contributed by atoms with E-state index in [0.717, 1.165) is 22.6 Å². The van der Waals surface area contributed by atoms with Crippen LogP contribution in [0.5, 0.6) is 0 Å². The molecule has 0 saturated heterocycles. The summed E-state index contributed by atoms with van der Waals surface area (Å²) in [7, 11) is 0. The second kappa shape index (κ2) is 5.18. The quantitative estimate of drug-likeness (QED) is 0.849. The lowest BCUT2D eigenvalue weighted by Crippen LogP contribution is -2.28. The Morgan fingerprint density at radius 1 is 1.29 bits per heavy atom. The van der Waals surface area contributed by atoms with Gasteiger partial charge in [0.25, 0.3) is 5.82 Å². The van der Waals surface area contributed by atoms with Crippen molar-refractivity contribution in [2.24, 2.45) is 0 Å². The summed E-state index contributed by atoms with van der Waals surface area (Å²) in [4.78, 5) is 3.28. The molecular formula is C14H20N3+. The van der Waals surface area contributed by atoms with E-state index in [4.69, 9.17) is 0 Å². The molecule has 1 aromatic heterocycles. The van der Waals surface area contributed by atoms with Gasteiger partial charge >= 0.3 is 0 Å². The maximum Gasteiger partial charge on any atom is 0.291 e. The Kier molecular flexibility index (Phi) is 3.63. The zero-order chi connectivity index (χ0) is 12.3. The highest BCUT2D eigenvalue weighted by Gasteiger charge is 2.21. The summed E-state index contributed by atoms with van der Waals surface area (Å²) < 4.78 is 0. The highest BCUT2D eigenvalue weighted by molar-refractivity contribution is 5.52. The van der Waals surface area contributed by atoms with Crippen LogP contribution in [0.1, 0.15) is 48.9 Å². The van der Waals surface area contributed by atoms with E-state index >= 15 is 0 Å². The minimum absolute atomic E-state index is 0.522. The average Bonchev–Trinajstić information content (AvgIpc) is 2.30. The molecule has 0 spiro atoms. The van der Waals surface area contributed by atoms with Gasteiger partial charge in [-0.25, -0.2) is 4.98 Å². The van der Waals surface area contributed by atoms with E-state index in [-0.39, 0.29) is 0 Å². The zero-order valence-corrected chi connectivity index (χ0v) is 10.6. The molecule has 3 nitrogen and oxygen atoms in total. The summed E-state index contributed by atoms with van der Waals surface area (Å²) in [6.45, 7) is 4.02. The molecule has 0 radical (unpaired) electrons. The molecule has 1 aromatic rings. The third-order valence-corrected chi connectivity index (χ3v) is 3.46. The first-order valence-electron chi connectivity index (χ1n) is 6.41. The average molecular weight is 230 g/mol. The van der Waals surface area contributed by atoms with Crippen LogP contribution in [0.15, 0.2) is 6.07 Å². The van der Waals surface area contributed by atoms with Crippen molar-refractivity contribution in [3.63, 3.8) is 0 Å². The Morgan fingerprint density at radius 3 is 2.65 bits per heavy atom. The first kappa shape index (κ1) is 11.9. The van der Waals surface area contributed by atoms with Crippen LogP contribution in [-0.4, -0.2) is 6.04 Å². The van der Waals surface area contributed by atoms with Crippen molar-refractivity contribution in [2.75, 3.05) is 5.32 Å². The molecule has 0 aliphatic heterocycles. The van der Waals surface area contributed by atoms with Gasteiger partial charge in [0.1, 0.15) is 11.6 Å². The van der Waals surface area contributed by atoms with E-state index in [9.17, 15) is 5.26 Å². The highest BCUT2D eigenvalue weighted by atomic mass is 15.0. The Morgan fingerprint density at radius 2 is 2.00 bits per heavy atom. The second-order valence-electron chi connectivity index (χ2n) is 4.98. The van der Waals surface area contributed by atoms with E-state index in [2.05, 4.69) is 16.4 Å². The summed E-state index contributed by atoms with van der Waals surface area (Å²) in [5, 5.41) is 12.7. The summed E-state index contributed by atoms with van der Waals surface area (Å²) in [6, 6.07) is 4.83. The van der Waals surface area contributed by atoms with Crippen LogP contribution in [-0.2, 0) is 0 Å². The van der Waals surface area contributed by atoms with Gasteiger partial charge in [-0.15, -0.1) is 0 Å². The lowest BCUT2D eigenvalue weighted by atomic mass is 9.95. The van der Waals surface area contributed by atoms with Gasteiger partial charge in [0.15, 0.2) is 0 Å². The van der Waals surface area contributed by atoms with E-state index in [1.165, 1.54) is 32.1 Å². The fourth-order valence-electron chi connectivity index (χ4n) is 2.59. The molecule has 0 amide bonds. The second-order valence-corrected chi connectivity index (χ2v) is 4.98. The van der Waals surface area contributed by atoms with E-state index < -0.39 is 0 Å². The van der Waals surface area contributed by atoms with Crippen molar-refractivity contribution in [3.05, 3.63) is 22.9 Å². The third kappa shape index (κ3) is 2.76. The minimum atomic E-state index is 0.522.